The standard InChI is InChI=1S/C29H24ClN3O3S/c1-3-18-7-11-25-23(14-18)32-27(36-25)15-19-5-9-21(10-6-19)31-29(37)33-28(34)26-13-12-24(35-26)20-8-4-17(2)22(30)16-20/h4-14,16H,3,15H2,1-2H3,(H2,31,33,34,37). The average Bonchev–Trinajstić information content (AvgIpc) is 3.53. The molecule has 2 N–H and O–H groups in total. The largest absolute Gasteiger partial charge is 0.451 e. The first-order valence-electron chi connectivity index (χ1n) is 11.8. The van der Waals surface area contributed by atoms with Gasteiger partial charge in [-0.25, -0.2) is 4.98 Å². The van der Waals surface area contributed by atoms with Gasteiger partial charge >= 0.3 is 0 Å². The van der Waals surface area contributed by atoms with Crippen LogP contribution in [-0.4, -0.2) is 16.0 Å². The SMILES string of the molecule is CCc1ccc2oc(Cc3ccc(NC(=S)NC(=O)c4ccc(-c5ccc(C)c(Cl)c5)o4)cc3)nc2c1. The molecule has 0 saturated carbocycles. The van der Waals surface area contributed by atoms with Crippen molar-refractivity contribution in [2.24, 2.45) is 0 Å². The molecule has 0 unspecified atom stereocenters. The molecule has 0 bridgehead atoms. The molecule has 1 amide bonds. The van der Waals surface area contributed by atoms with Crippen LogP contribution < -0.4 is 10.6 Å². The van der Waals surface area contributed by atoms with E-state index in [1.54, 1.807) is 18.2 Å². The number of aromatic nitrogens is 1. The van der Waals surface area contributed by atoms with Gasteiger partial charge in [-0.05, 0) is 84.7 Å². The number of hydrogen-bond acceptors (Lipinski definition) is 5. The van der Waals surface area contributed by atoms with Crippen LogP contribution in [0.25, 0.3) is 22.4 Å². The smallest absolute Gasteiger partial charge is 0.293 e. The van der Waals surface area contributed by atoms with Crippen molar-refractivity contribution in [2.45, 2.75) is 26.7 Å². The number of rotatable bonds is 6. The summed E-state index contributed by atoms with van der Waals surface area (Å²) in [6.45, 7) is 4.04. The molecular weight excluding hydrogens is 506 g/mol. The summed E-state index contributed by atoms with van der Waals surface area (Å²) in [5.74, 6) is 0.917. The molecule has 6 nitrogen and oxygen atoms in total. The van der Waals surface area contributed by atoms with Crippen LogP contribution in [0.2, 0.25) is 5.02 Å². The minimum Gasteiger partial charge on any atom is -0.451 e. The topological polar surface area (TPSA) is 80.3 Å². The highest BCUT2D eigenvalue weighted by Crippen LogP contribution is 2.27. The highest BCUT2D eigenvalue weighted by Gasteiger charge is 2.15. The number of carbonyl (C=O) groups excluding carboxylic acids is 1. The second-order valence-electron chi connectivity index (χ2n) is 8.67. The van der Waals surface area contributed by atoms with Gasteiger partial charge in [0.2, 0.25) is 0 Å². The van der Waals surface area contributed by atoms with Crippen molar-refractivity contribution in [1.82, 2.24) is 10.3 Å². The van der Waals surface area contributed by atoms with Crippen LogP contribution in [0.4, 0.5) is 5.69 Å². The van der Waals surface area contributed by atoms with Crippen LogP contribution >= 0.6 is 23.8 Å². The van der Waals surface area contributed by atoms with E-state index in [1.165, 1.54) is 5.56 Å². The fourth-order valence-corrected chi connectivity index (χ4v) is 4.28. The Bertz CT molecular complexity index is 1600. The van der Waals surface area contributed by atoms with Crippen LogP contribution in [-0.2, 0) is 12.8 Å². The van der Waals surface area contributed by atoms with Crippen molar-refractivity contribution < 1.29 is 13.6 Å². The van der Waals surface area contributed by atoms with Crippen LogP contribution in [0.1, 0.15) is 40.1 Å². The number of amides is 1. The molecule has 2 heterocycles. The van der Waals surface area contributed by atoms with E-state index in [9.17, 15) is 4.79 Å². The lowest BCUT2D eigenvalue weighted by Crippen LogP contribution is -2.33. The molecule has 0 aliphatic heterocycles. The van der Waals surface area contributed by atoms with E-state index in [-0.39, 0.29) is 10.9 Å². The van der Waals surface area contributed by atoms with Gasteiger partial charge in [-0.1, -0.05) is 48.9 Å². The molecule has 5 aromatic rings. The van der Waals surface area contributed by atoms with Gasteiger partial charge < -0.3 is 14.2 Å². The van der Waals surface area contributed by atoms with Crippen molar-refractivity contribution >= 4 is 51.6 Å². The minimum atomic E-state index is -0.444. The zero-order chi connectivity index (χ0) is 25.9. The molecule has 8 heteroatoms. The number of carbonyl (C=O) groups is 1. The van der Waals surface area contributed by atoms with Gasteiger partial charge in [0.1, 0.15) is 11.3 Å². The molecule has 0 saturated heterocycles. The molecule has 0 spiro atoms. The highest BCUT2D eigenvalue weighted by molar-refractivity contribution is 7.80. The number of halogens is 1. The van der Waals surface area contributed by atoms with Crippen molar-refractivity contribution in [1.29, 1.82) is 0 Å². The summed E-state index contributed by atoms with van der Waals surface area (Å²) >= 11 is 11.5. The van der Waals surface area contributed by atoms with Gasteiger partial charge in [-0.2, -0.15) is 0 Å². The number of nitrogens with zero attached hydrogens (tertiary/aromatic N) is 1. The third-order valence-corrected chi connectivity index (χ3v) is 6.60. The van der Waals surface area contributed by atoms with Gasteiger partial charge in [0.05, 0.1) is 0 Å². The lowest BCUT2D eigenvalue weighted by molar-refractivity contribution is 0.0951. The summed E-state index contributed by atoms with van der Waals surface area (Å²) < 4.78 is 11.6. The third-order valence-electron chi connectivity index (χ3n) is 5.98. The Kier molecular flexibility index (Phi) is 7.08. The molecular formula is C29H24ClN3O3S. The predicted molar refractivity (Wildman–Crippen MR) is 150 cm³/mol. The normalized spacial score (nSPS) is 11.0. The van der Waals surface area contributed by atoms with Gasteiger partial charge in [-0.3, -0.25) is 10.1 Å². The summed E-state index contributed by atoms with van der Waals surface area (Å²) in [4.78, 5) is 17.2. The van der Waals surface area contributed by atoms with Gasteiger partial charge in [0.25, 0.3) is 5.91 Å². The van der Waals surface area contributed by atoms with E-state index in [1.807, 2.05) is 49.4 Å². The zero-order valence-corrected chi connectivity index (χ0v) is 21.9. The Morgan fingerprint density at radius 3 is 2.51 bits per heavy atom. The van der Waals surface area contributed by atoms with Crippen LogP contribution in [0.5, 0.6) is 0 Å². The van der Waals surface area contributed by atoms with Crippen LogP contribution in [0.15, 0.2) is 81.6 Å². The maximum absolute atomic E-state index is 12.6. The van der Waals surface area contributed by atoms with E-state index < -0.39 is 5.91 Å². The fourth-order valence-electron chi connectivity index (χ4n) is 3.89. The third kappa shape index (κ3) is 5.74. The monoisotopic (exact) mass is 529 g/mol. The molecule has 37 heavy (non-hydrogen) atoms. The number of oxazole rings is 1. The van der Waals surface area contributed by atoms with Crippen molar-refractivity contribution in [2.75, 3.05) is 5.32 Å². The molecule has 3 aromatic carbocycles. The maximum Gasteiger partial charge on any atom is 0.293 e. The number of benzene rings is 3. The summed E-state index contributed by atoms with van der Waals surface area (Å²) in [6.07, 6.45) is 1.53. The van der Waals surface area contributed by atoms with E-state index in [4.69, 9.17) is 32.7 Å². The number of furan rings is 1. The number of hydrogen-bond donors (Lipinski definition) is 2. The number of anilines is 1. The molecule has 0 aliphatic carbocycles. The van der Waals surface area contributed by atoms with Crippen molar-refractivity contribution in [3.8, 4) is 11.3 Å². The van der Waals surface area contributed by atoms with Crippen LogP contribution in [0, 0.1) is 6.92 Å². The van der Waals surface area contributed by atoms with Crippen LogP contribution in [0.3, 0.4) is 0 Å². The molecule has 0 aliphatic rings. The average molecular weight is 530 g/mol. The predicted octanol–water partition coefficient (Wildman–Crippen LogP) is 7.33. The molecule has 5 rings (SSSR count). The van der Waals surface area contributed by atoms with E-state index >= 15 is 0 Å². The number of thiocarbonyl (C=S) groups is 1. The summed E-state index contributed by atoms with van der Waals surface area (Å²) in [6, 6.07) is 22.7. The zero-order valence-electron chi connectivity index (χ0n) is 20.3. The van der Waals surface area contributed by atoms with Gasteiger partial charge in [0, 0.05) is 22.7 Å². The minimum absolute atomic E-state index is 0.149. The quantitative estimate of drug-likeness (QED) is 0.224. The highest BCUT2D eigenvalue weighted by atomic mass is 35.5. The van der Waals surface area contributed by atoms with E-state index in [0.29, 0.717) is 23.1 Å². The van der Waals surface area contributed by atoms with E-state index in [0.717, 1.165) is 39.9 Å². The van der Waals surface area contributed by atoms with Crippen molar-refractivity contribution in [3.63, 3.8) is 0 Å². The first-order chi connectivity index (χ1) is 17.9. The molecule has 0 radical (unpaired) electrons. The summed E-state index contributed by atoms with van der Waals surface area (Å²) in [7, 11) is 0. The first-order valence-corrected chi connectivity index (χ1v) is 12.6. The number of aryl methyl sites for hydroxylation is 2. The second kappa shape index (κ2) is 10.6. The summed E-state index contributed by atoms with van der Waals surface area (Å²) in [5, 5.41) is 6.47. The lowest BCUT2D eigenvalue weighted by atomic mass is 10.1. The Morgan fingerprint density at radius 2 is 1.76 bits per heavy atom. The maximum atomic E-state index is 12.6. The van der Waals surface area contributed by atoms with Crippen molar-refractivity contribution in [3.05, 3.63) is 106 Å². The van der Waals surface area contributed by atoms with Gasteiger partial charge in [0.15, 0.2) is 22.3 Å². The first kappa shape index (κ1) is 24.7. The molecule has 0 atom stereocenters. The van der Waals surface area contributed by atoms with E-state index in [2.05, 4.69) is 34.7 Å². The fraction of sp³-hybridized carbons (Fsp3) is 0.138. The molecule has 186 valence electrons. The molecule has 2 aromatic heterocycles. The Labute approximate surface area is 224 Å². The lowest BCUT2D eigenvalue weighted by Gasteiger charge is -2.09. The number of nitrogens with one attached hydrogen (secondary N) is 2. The summed E-state index contributed by atoms with van der Waals surface area (Å²) in [5.41, 5.74) is 6.44. The Hall–Kier alpha value is -3.94. The van der Waals surface area contributed by atoms with Gasteiger partial charge in [-0.15, -0.1) is 0 Å². The Balaban J connectivity index is 1.18. The second-order valence-corrected chi connectivity index (χ2v) is 9.49. The number of fused-ring (bicyclic) bond motifs is 1. The Morgan fingerprint density at radius 1 is 0.973 bits per heavy atom. The molecule has 0 fully saturated rings.